The standard InChI is InChI=1S/C20H18Cl2N2O4S/c1-4-29-20-15(22)17(25)12-8-9(2)7-11(18(12)28-20)10(3)23-13-5-6-14(21)24-16(13)19(26)27/h5-8,10,23H,4H2,1-3H3,(H,26,27). The fourth-order valence-corrected chi connectivity index (χ4v) is 4.08. The van der Waals surface area contributed by atoms with Crippen molar-refractivity contribution in [1.29, 1.82) is 0 Å². The summed E-state index contributed by atoms with van der Waals surface area (Å²) in [6.45, 7) is 5.65. The Morgan fingerprint density at radius 1 is 1.34 bits per heavy atom. The van der Waals surface area contributed by atoms with Gasteiger partial charge in [0.2, 0.25) is 5.43 Å². The van der Waals surface area contributed by atoms with Crippen molar-refractivity contribution in [1.82, 2.24) is 4.98 Å². The number of carboxylic acid groups (broad SMARTS) is 1. The van der Waals surface area contributed by atoms with Crippen LogP contribution in [0.5, 0.6) is 0 Å². The van der Waals surface area contributed by atoms with E-state index in [1.165, 1.54) is 17.8 Å². The number of thioether (sulfide) groups is 1. The Bertz CT molecular complexity index is 1160. The molecule has 0 spiro atoms. The van der Waals surface area contributed by atoms with Crippen LogP contribution in [0.25, 0.3) is 11.0 Å². The maximum absolute atomic E-state index is 12.8. The molecule has 1 unspecified atom stereocenters. The lowest BCUT2D eigenvalue weighted by molar-refractivity contribution is 0.0691. The van der Waals surface area contributed by atoms with Crippen LogP contribution in [0.2, 0.25) is 10.2 Å². The fraction of sp³-hybridized carbons (Fsp3) is 0.250. The van der Waals surface area contributed by atoms with Gasteiger partial charge in [0.1, 0.15) is 15.8 Å². The number of pyridine rings is 1. The monoisotopic (exact) mass is 452 g/mol. The lowest BCUT2D eigenvalue weighted by Gasteiger charge is -2.19. The zero-order valence-electron chi connectivity index (χ0n) is 15.9. The highest BCUT2D eigenvalue weighted by molar-refractivity contribution is 7.99. The summed E-state index contributed by atoms with van der Waals surface area (Å²) >= 11 is 13.4. The number of nitrogens with zero attached hydrogens (tertiary/aromatic N) is 1. The zero-order valence-corrected chi connectivity index (χ0v) is 18.2. The minimum absolute atomic E-state index is 0.0663. The number of fused-ring (bicyclic) bond motifs is 1. The largest absolute Gasteiger partial charge is 0.476 e. The van der Waals surface area contributed by atoms with Gasteiger partial charge in [-0.25, -0.2) is 9.78 Å². The summed E-state index contributed by atoms with van der Waals surface area (Å²) in [6, 6.07) is 6.30. The van der Waals surface area contributed by atoms with Crippen LogP contribution in [0.15, 0.2) is 38.6 Å². The van der Waals surface area contributed by atoms with E-state index in [4.69, 9.17) is 27.6 Å². The van der Waals surface area contributed by atoms with E-state index in [-0.39, 0.29) is 27.3 Å². The Labute approximate surface area is 181 Å². The Balaban J connectivity index is 2.14. The molecule has 0 aliphatic carbocycles. The number of halogens is 2. The number of hydrogen-bond acceptors (Lipinski definition) is 6. The van der Waals surface area contributed by atoms with E-state index >= 15 is 0 Å². The molecule has 0 amide bonds. The molecule has 0 saturated heterocycles. The van der Waals surface area contributed by atoms with E-state index in [9.17, 15) is 14.7 Å². The summed E-state index contributed by atoms with van der Waals surface area (Å²) in [4.78, 5) is 28.2. The first-order chi connectivity index (χ1) is 13.7. The van der Waals surface area contributed by atoms with Crippen LogP contribution in [0.1, 0.15) is 41.5 Å². The quantitative estimate of drug-likeness (QED) is 0.361. The minimum Gasteiger partial charge on any atom is -0.476 e. The number of carbonyl (C=O) groups is 1. The van der Waals surface area contributed by atoms with Crippen molar-refractivity contribution in [3.05, 3.63) is 61.5 Å². The molecule has 2 heterocycles. The maximum atomic E-state index is 12.8. The molecule has 9 heteroatoms. The molecule has 6 nitrogen and oxygen atoms in total. The van der Waals surface area contributed by atoms with Crippen molar-refractivity contribution >= 4 is 57.6 Å². The number of aromatic carboxylic acids is 1. The van der Waals surface area contributed by atoms with Gasteiger partial charge >= 0.3 is 5.97 Å². The molecule has 29 heavy (non-hydrogen) atoms. The molecule has 3 aromatic rings. The second kappa shape index (κ2) is 8.65. The van der Waals surface area contributed by atoms with Gasteiger partial charge in [-0.3, -0.25) is 4.79 Å². The number of rotatable bonds is 6. The van der Waals surface area contributed by atoms with Crippen molar-refractivity contribution in [2.45, 2.75) is 31.9 Å². The maximum Gasteiger partial charge on any atom is 0.356 e. The average molecular weight is 453 g/mol. The van der Waals surface area contributed by atoms with Crippen LogP contribution in [0.3, 0.4) is 0 Å². The van der Waals surface area contributed by atoms with E-state index in [2.05, 4.69) is 10.3 Å². The lowest BCUT2D eigenvalue weighted by Crippen LogP contribution is -2.14. The van der Waals surface area contributed by atoms with Crippen molar-refractivity contribution in [2.24, 2.45) is 0 Å². The van der Waals surface area contributed by atoms with E-state index in [1.807, 2.05) is 26.8 Å². The molecule has 0 radical (unpaired) electrons. The highest BCUT2D eigenvalue weighted by atomic mass is 35.5. The highest BCUT2D eigenvalue weighted by Gasteiger charge is 2.21. The summed E-state index contributed by atoms with van der Waals surface area (Å²) in [5, 5.41) is 13.4. The molecule has 1 aromatic carbocycles. The summed E-state index contributed by atoms with van der Waals surface area (Å²) in [5.74, 6) is -0.502. The molecule has 1 atom stereocenters. The highest BCUT2D eigenvalue weighted by Crippen LogP contribution is 2.33. The normalized spacial score (nSPS) is 12.2. The number of carboxylic acids is 1. The number of aromatic nitrogens is 1. The van der Waals surface area contributed by atoms with Gasteiger partial charge < -0.3 is 14.8 Å². The van der Waals surface area contributed by atoms with Gasteiger partial charge in [-0.1, -0.05) is 48.0 Å². The molecule has 0 aliphatic heterocycles. The Hall–Kier alpha value is -2.22. The number of anilines is 1. The molecule has 0 bridgehead atoms. The molecule has 0 fully saturated rings. The van der Waals surface area contributed by atoms with Crippen LogP contribution in [-0.2, 0) is 0 Å². The summed E-state index contributed by atoms with van der Waals surface area (Å²) in [6.07, 6.45) is 0. The summed E-state index contributed by atoms with van der Waals surface area (Å²) < 4.78 is 5.99. The molecular weight excluding hydrogens is 435 g/mol. The van der Waals surface area contributed by atoms with Gasteiger partial charge in [-0.05, 0) is 43.4 Å². The fourth-order valence-electron chi connectivity index (χ4n) is 3.00. The first kappa shape index (κ1) is 21.5. The molecular formula is C20H18Cl2N2O4S. The Morgan fingerprint density at radius 3 is 2.72 bits per heavy atom. The third-order valence-electron chi connectivity index (χ3n) is 4.26. The van der Waals surface area contributed by atoms with E-state index in [1.54, 1.807) is 12.1 Å². The molecule has 2 N–H and O–H groups in total. The van der Waals surface area contributed by atoms with E-state index in [0.29, 0.717) is 33.1 Å². The molecule has 2 aromatic heterocycles. The van der Waals surface area contributed by atoms with Crippen LogP contribution in [-0.4, -0.2) is 21.8 Å². The van der Waals surface area contributed by atoms with Crippen LogP contribution >= 0.6 is 35.0 Å². The number of aryl methyl sites for hydroxylation is 1. The van der Waals surface area contributed by atoms with Gasteiger partial charge in [0, 0.05) is 5.56 Å². The first-order valence-corrected chi connectivity index (χ1v) is 10.5. The van der Waals surface area contributed by atoms with Gasteiger partial charge in [0.15, 0.2) is 10.8 Å². The molecule has 0 saturated carbocycles. The molecule has 152 valence electrons. The predicted octanol–water partition coefficient (Wildman–Crippen LogP) is 5.79. The second-order valence-electron chi connectivity index (χ2n) is 6.40. The Kier molecular flexibility index (Phi) is 6.41. The topological polar surface area (TPSA) is 92.4 Å². The van der Waals surface area contributed by atoms with Crippen LogP contribution in [0, 0.1) is 6.92 Å². The third kappa shape index (κ3) is 4.37. The SMILES string of the molecule is CCSc1oc2c(C(C)Nc3ccc(Cl)nc3C(=O)O)cc(C)cc2c(=O)c1Cl. The van der Waals surface area contributed by atoms with Crippen molar-refractivity contribution in [3.8, 4) is 0 Å². The van der Waals surface area contributed by atoms with Crippen molar-refractivity contribution in [3.63, 3.8) is 0 Å². The van der Waals surface area contributed by atoms with E-state index < -0.39 is 5.97 Å². The average Bonchev–Trinajstić information content (AvgIpc) is 2.67. The first-order valence-electron chi connectivity index (χ1n) is 8.79. The van der Waals surface area contributed by atoms with Gasteiger partial charge in [-0.15, -0.1) is 0 Å². The Morgan fingerprint density at radius 2 is 2.07 bits per heavy atom. The number of nitrogens with one attached hydrogen (secondary N) is 1. The molecule has 3 rings (SSSR count). The third-order valence-corrected chi connectivity index (χ3v) is 5.76. The molecule has 0 aliphatic rings. The summed E-state index contributed by atoms with van der Waals surface area (Å²) in [7, 11) is 0. The summed E-state index contributed by atoms with van der Waals surface area (Å²) in [5.41, 5.74) is 1.81. The van der Waals surface area contributed by atoms with E-state index in [0.717, 1.165) is 5.56 Å². The second-order valence-corrected chi connectivity index (χ2v) is 8.40. The van der Waals surface area contributed by atoms with Crippen LogP contribution < -0.4 is 10.7 Å². The number of hydrogen-bond donors (Lipinski definition) is 2. The predicted molar refractivity (Wildman–Crippen MR) is 117 cm³/mol. The number of benzene rings is 1. The van der Waals surface area contributed by atoms with Crippen LogP contribution in [0.4, 0.5) is 5.69 Å². The van der Waals surface area contributed by atoms with Gasteiger partial charge in [0.25, 0.3) is 0 Å². The lowest BCUT2D eigenvalue weighted by atomic mass is 10.0. The van der Waals surface area contributed by atoms with Crippen molar-refractivity contribution in [2.75, 3.05) is 11.1 Å². The smallest absolute Gasteiger partial charge is 0.356 e. The zero-order chi connectivity index (χ0) is 21.3. The van der Waals surface area contributed by atoms with Gasteiger partial charge in [-0.2, -0.15) is 0 Å². The minimum atomic E-state index is -1.20. The van der Waals surface area contributed by atoms with Gasteiger partial charge in [0.05, 0.1) is 17.1 Å². The van der Waals surface area contributed by atoms with Crippen molar-refractivity contribution < 1.29 is 14.3 Å².